The van der Waals surface area contributed by atoms with Crippen LogP contribution in [0.25, 0.3) is 0 Å². The van der Waals surface area contributed by atoms with Crippen LogP contribution in [0.1, 0.15) is 33.6 Å². The van der Waals surface area contributed by atoms with Gasteiger partial charge in [0.05, 0.1) is 12.2 Å². The van der Waals surface area contributed by atoms with Crippen molar-refractivity contribution in [1.29, 1.82) is 0 Å². The predicted octanol–water partition coefficient (Wildman–Crippen LogP) is 1.49. The Morgan fingerprint density at radius 1 is 1.27 bits per heavy atom. The summed E-state index contributed by atoms with van der Waals surface area (Å²) in [7, 11) is 0. The molecular weight excluding hydrogens is 188 g/mol. The summed E-state index contributed by atoms with van der Waals surface area (Å²) in [6.45, 7) is 12.1. The van der Waals surface area contributed by atoms with E-state index < -0.39 is 0 Å². The van der Waals surface area contributed by atoms with Crippen molar-refractivity contribution >= 4 is 0 Å². The van der Waals surface area contributed by atoms with E-state index in [1.54, 1.807) is 0 Å². The molecule has 0 aliphatic carbocycles. The van der Waals surface area contributed by atoms with Crippen molar-refractivity contribution in [3.63, 3.8) is 0 Å². The van der Waals surface area contributed by atoms with E-state index in [0.717, 1.165) is 32.7 Å². The standard InChI is InChI=1S/C12H26N2O/c1-4-14(5-2)9-8-13-10-12-7-6-11(3)15-12/h11-13H,4-10H2,1-3H3. The minimum Gasteiger partial charge on any atom is -0.374 e. The molecule has 1 rings (SSSR count). The van der Waals surface area contributed by atoms with Crippen LogP contribution in [0.4, 0.5) is 0 Å². The molecule has 3 heteroatoms. The first kappa shape index (κ1) is 12.9. The summed E-state index contributed by atoms with van der Waals surface area (Å²) in [5.41, 5.74) is 0. The van der Waals surface area contributed by atoms with E-state index in [9.17, 15) is 0 Å². The Bertz CT molecular complexity index is 160. The first-order chi connectivity index (χ1) is 7.26. The summed E-state index contributed by atoms with van der Waals surface area (Å²) in [5.74, 6) is 0. The monoisotopic (exact) mass is 214 g/mol. The van der Waals surface area contributed by atoms with Gasteiger partial charge in [0.25, 0.3) is 0 Å². The summed E-state index contributed by atoms with van der Waals surface area (Å²) in [5, 5.41) is 3.48. The third kappa shape index (κ3) is 4.96. The van der Waals surface area contributed by atoms with E-state index >= 15 is 0 Å². The molecule has 0 aromatic rings. The second-order valence-electron chi connectivity index (χ2n) is 4.38. The maximum atomic E-state index is 5.74. The van der Waals surface area contributed by atoms with Gasteiger partial charge in [-0.25, -0.2) is 0 Å². The molecule has 0 radical (unpaired) electrons. The molecule has 3 nitrogen and oxygen atoms in total. The van der Waals surface area contributed by atoms with Gasteiger partial charge in [-0.2, -0.15) is 0 Å². The summed E-state index contributed by atoms with van der Waals surface area (Å²) < 4.78 is 5.74. The minimum atomic E-state index is 0.455. The molecule has 2 atom stereocenters. The van der Waals surface area contributed by atoms with Crippen LogP contribution in [-0.2, 0) is 4.74 Å². The number of nitrogens with one attached hydrogen (secondary N) is 1. The van der Waals surface area contributed by atoms with Crippen molar-refractivity contribution in [2.45, 2.75) is 45.8 Å². The van der Waals surface area contributed by atoms with Crippen LogP contribution in [0, 0.1) is 0 Å². The zero-order chi connectivity index (χ0) is 11.1. The van der Waals surface area contributed by atoms with Gasteiger partial charge in [-0.1, -0.05) is 13.8 Å². The SMILES string of the molecule is CCN(CC)CCNCC1CCC(C)O1. The summed E-state index contributed by atoms with van der Waals surface area (Å²) in [4.78, 5) is 2.44. The van der Waals surface area contributed by atoms with E-state index in [1.807, 2.05) is 0 Å². The molecule has 0 aromatic carbocycles. The van der Waals surface area contributed by atoms with Gasteiger partial charge in [0.15, 0.2) is 0 Å². The molecule has 1 saturated heterocycles. The lowest BCUT2D eigenvalue weighted by Crippen LogP contribution is -2.35. The molecule has 0 spiro atoms. The molecule has 0 saturated carbocycles. The largest absolute Gasteiger partial charge is 0.374 e. The van der Waals surface area contributed by atoms with Crippen molar-refractivity contribution < 1.29 is 4.74 Å². The second kappa shape index (κ2) is 7.20. The highest BCUT2D eigenvalue weighted by Gasteiger charge is 2.20. The van der Waals surface area contributed by atoms with Gasteiger partial charge in [0.2, 0.25) is 0 Å². The Kier molecular flexibility index (Phi) is 6.22. The number of nitrogens with zero attached hydrogens (tertiary/aromatic N) is 1. The molecule has 15 heavy (non-hydrogen) atoms. The molecule has 1 N–H and O–H groups in total. The maximum absolute atomic E-state index is 5.74. The smallest absolute Gasteiger partial charge is 0.0704 e. The number of hydrogen-bond acceptors (Lipinski definition) is 3. The van der Waals surface area contributed by atoms with Crippen molar-refractivity contribution in [2.75, 3.05) is 32.7 Å². The van der Waals surface area contributed by atoms with Crippen LogP contribution >= 0.6 is 0 Å². The van der Waals surface area contributed by atoms with Gasteiger partial charge < -0.3 is 15.0 Å². The van der Waals surface area contributed by atoms with Crippen LogP contribution in [0.15, 0.2) is 0 Å². The fraction of sp³-hybridized carbons (Fsp3) is 1.00. The highest BCUT2D eigenvalue weighted by atomic mass is 16.5. The summed E-state index contributed by atoms with van der Waals surface area (Å²) in [6, 6.07) is 0. The molecule has 2 unspecified atom stereocenters. The van der Waals surface area contributed by atoms with E-state index in [0.29, 0.717) is 12.2 Å². The van der Waals surface area contributed by atoms with Gasteiger partial charge in [0.1, 0.15) is 0 Å². The maximum Gasteiger partial charge on any atom is 0.0704 e. The molecule has 1 heterocycles. The lowest BCUT2D eigenvalue weighted by Gasteiger charge is -2.19. The minimum absolute atomic E-state index is 0.455. The molecule has 0 aromatic heterocycles. The second-order valence-corrected chi connectivity index (χ2v) is 4.38. The predicted molar refractivity (Wildman–Crippen MR) is 64.2 cm³/mol. The Hall–Kier alpha value is -0.120. The molecule has 0 bridgehead atoms. The lowest BCUT2D eigenvalue weighted by molar-refractivity contribution is 0.0558. The van der Waals surface area contributed by atoms with E-state index in [4.69, 9.17) is 4.74 Å². The molecule has 0 amide bonds. The average Bonchev–Trinajstić information content (AvgIpc) is 2.65. The Morgan fingerprint density at radius 3 is 2.53 bits per heavy atom. The third-order valence-corrected chi connectivity index (χ3v) is 3.19. The normalized spacial score (nSPS) is 26.4. The Labute approximate surface area is 94.2 Å². The first-order valence-corrected chi connectivity index (χ1v) is 6.34. The number of rotatable bonds is 7. The number of likely N-dealkylation sites (N-methyl/N-ethyl adjacent to an activating group) is 1. The van der Waals surface area contributed by atoms with Gasteiger partial charge in [0, 0.05) is 19.6 Å². The van der Waals surface area contributed by atoms with Gasteiger partial charge in [-0.05, 0) is 32.9 Å². The zero-order valence-corrected chi connectivity index (χ0v) is 10.5. The van der Waals surface area contributed by atoms with Gasteiger partial charge in [-0.3, -0.25) is 0 Å². The van der Waals surface area contributed by atoms with Gasteiger partial charge in [-0.15, -0.1) is 0 Å². The van der Waals surface area contributed by atoms with Crippen molar-refractivity contribution in [2.24, 2.45) is 0 Å². The van der Waals surface area contributed by atoms with Crippen LogP contribution in [0.3, 0.4) is 0 Å². The van der Waals surface area contributed by atoms with Crippen LogP contribution in [0.5, 0.6) is 0 Å². The zero-order valence-electron chi connectivity index (χ0n) is 10.5. The van der Waals surface area contributed by atoms with Crippen molar-refractivity contribution in [1.82, 2.24) is 10.2 Å². The molecule has 1 aliphatic heterocycles. The highest BCUT2D eigenvalue weighted by Crippen LogP contribution is 2.17. The number of hydrogen-bond donors (Lipinski definition) is 1. The highest BCUT2D eigenvalue weighted by molar-refractivity contribution is 4.72. The van der Waals surface area contributed by atoms with E-state index in [-0.39, 0.29) is 0 Å². The van der Waals surface area contributed by atoms with Crippen LogP contribution in [-0.4, -0.2) is 49.8 Å². The van der Waals surface area contributed by atoms with E-state index in [2.05, 4.69) is 31.0 Å². The van der Waals surface area contributed by atoms with Gasteiger partial charge >= 0.3 is 0 Å². The summed E-state index contributed by atoms with van der Waals surface area (Å²) in [6.07, 6.45) is 3.37. The van der Waals surface area contributed by atoms with Crippen LogP contribution < -0.4 is 5.32 Å². The summed E-state index contributed by atoms with van der Waals surface area (Å²) >= 11 is 0. The van der Waals surface area contributed by atoms with Crippen molar-refractivity contribution in [3.8, 4) is 0 Å². The average molecular weight is 214 g/mol. The van der Waals surface area contributed by atoms with Crippen molar-refractivity contribution in [3.05, 3.63) is 0 Å². The first-order valence-electron chi connectivity index (χ1n) is 6.34. The molecule has 1 fully saturated rings. The van der Waals surface area contributed by atoms with Crippen LogP contribution in [0.2, 0.25) is 0 Å². The molecular formula is C12H26N2O. The quantitative estimate of drug-likeness (QED) is 0.650. The third-order valence-electron chi connectivity index (χ3n) is 3.19. The fourth-order valence-corrected chi connectivity index (χ4v) is 2.08. The lowest BCUT2D eigenvalue weighted by atomic mass is 10.2. The Morgan fingerprint density at radius 2 is 2.00 bits per heavy atom. The molecule has 1 aliphatic rings. The topological polar surface area (TPSA) is 24.5 Å². The van der Waals surface area contributed by atoms with E-state index in [1.165, 1.54) is 12.8 Å². The number of ether oxygens (including phenoxy) is 1. The Balaban J connectivity index is 1.97. The fourth-order valence-electron chi connectivity index (χ4n) is 2.08. The molecule has 90 valence electrons.